The lowest BCUT2D eigenvalue weighted by molar-refractivity contribution is 0.0290. The molecule has 198 valence electrons. The average molecular weight is 518 g/mol. The minimum absolute atomic E-state index is 0.0152. The number of aromatic nitrogens is 3. The summed E-state index contributed by atoms with van der Waals surface area (Å²) in [6.45, 7) is 6.55. The third kappa shape index (κ3) is 6.81. The van der Waals surface area contributed by atoms with Gasteiger partial charge in [-0.25, -0.2) is 14.8 Å². The summed E-state index contributed by atoms with van der Waals surface area (Å²) in [6.07, 6.45) is 4.98. The summed E-state index contributed by atoms with van der Waals surface area (Å²) in [5.41, 5.74) is 7.67. The van der Waals surface area contributed by atoms with E-state index in [0.717, 1.165) is 5.56 Å². The van der Waals surface area contributed by atoms with Gasteiger partial charge >= 0.3 is 6.09 Å². The molecule has 1 aromatic carbocycles. The number of carbonyl (C=O) groups is 3. The lowest BCUT2D eigenvalue weighted by Crippen LogP contribution is -2.40. The molecule has 3 amide bonds. The highest BCUT2D eigenvalue weighted by molar-refractivity contribution is 5.97. The molecule has 1 atom stereocenters. The molecule has 2 aromatic heterocycles. The predicted octanol–water partition coefficient (Wildman–Crippen LogP) is 2.79. The van der Waals surface area contributed by atoms with Crippen LogP contribution in [0.3, 0.4) is 0 Å². The number of rotatable bonds is 6. The molecule has 1 aliphatic rings. The average Bonchev–Trinajstić information content (AvgIpc) is 3.36. The summed E-state index contributed by atoms with van der Waals surface area (Å²) in [6, 6.07) is 10.3. The first-order valence-electron chi connectivity index (χ1n) is 12.3. The number of nitrogen functional groups attached to an aromatic ring is 1. The summed E-state index contributed by atoms with van der Waals surface area (Å²) in [7, 11) is 0. The standard InChI is InChI=1S/C27H31N7O4/c1-27(2,3)38-26(37)34-11-9-20(16-34)32-25(36)22-23(28)30-15-21(33-22)18-7-4-8-19(12-18)24(35)31-14-17-6-5-10-29-13-17/h4-8,10,12-13,15,20H,9,11,14,16H2,1-3H3,(H2,28,30)(H,31,35)(H,32,36)/t20-/m0/s1. The minimum atomic E-state index is -0.597. The number of nitrogens with zero attached hydrogens (tertiary/aromatic N) is 4. The van der Waals surface area contributed by atoms with Gasteiger partial charge < -0.3 is 26.0 Å². The van der Waals surface area contributed by atoms with E-state index in [9.17, 15) is 14.4 Å². The van der Waals surface area contributed by atoms with Crippen molar-refractivity contribution in [3.8, 4) is 11.3 Å². The molecule has 3 heterocycles. The van der Waals surface area contributed by atoms with Crippen molar-refractivity contribution < 1.29 is 19.1 Å². The molecule has 4 N–H and O–H groups in total. The van der Waals surface area contributed by atoms with Gasteiger partial charge in [-0.05, 0) is 51.0 Å². The SMILES string of the molecule is CC(C)(C)OC(=O)N1CC[C@H](NC(=O)c2nc(-c3cccc(C(=O)NCc4cccnc4)c3)cnc2N)C1. The first kappa shape index (κ1) is 26.5. The number of ether oxygens (including phenoxy) is 1. The normalized spacial score (nSPS) is 15.1. The Bertz CT molecular complexity index is 1320. The monoisotopic (exact) mass is 517 g/mol. The molecule has 11 nitrogen and oxygen atoms in total. The van der Waals surface area contributed by atoms with Gasteiger partial charge in [0.05, 0.1) is 11.9 Å². The second-order valence-corrected chi connectivity index (χ2v) is 10.00. The Morgan fingerprint density at radius 3 is 2.68 bits per heavy atom. The van der Waals surface area contributed by atoms with Gasteiger partial charge in [-0.15, -0.1) is 0 Å². The first-order valence-corrected chi connectivity index (χ1v) is 12.3. The van der Waals surface area contributed by atoms with Gasteiger partial charge in [0.25, 0.3) is 11.8 Å². The van der Waals surface area contributed by atoms with E-state index in [1.807, 2.05) is 6.07 Å². The Morgan fingerprint density at radius 1 is 1.13 bits per heavy atom. The van der Waals surface area contributed by atoms with Gasteiger partial charge in [-0.1, -0.05) is 18.2 Å². The third-order valence-corrected chi connectivity index (χ3v) is 5.79. The lowest BCUT2D eigenvalue weighted by atomic mass is 10.1. The smallest absolute Gasteiger partial charge is 0.410 e. The zero-order chi connectivity index (χ0) is 27.3. The molecule has 0 unspecified atom stereocenters. The van der Waals surface area contributed by atoms with Crippen molar-refractivity contribution in [2.75, 3.05) is 18.8 Å². The summed E-state index contributed by atoms with van der Waals surface area (Å²) < 4.78 is 5.41. The highest BCUT2D eigenvalue weighted by atomic mass is 16.6. The number of benzene rings is 1. The number of anilines is 1. The van der Waals surface area contributed by atoms with Crippen molar-refractivity contribution in [3.63, 3.8) is 0 Å². The maximum absolute atomic E-state index is 13.0. The van der Waals surface area contributed by atoms with Crippen molar-refractivity contribution in [1.29, 1.82) is 0 Å². The number of nitrogens with one attached hydrogen (secondary N) is 2. The third-order valence-electron chi connectivity index (χ3n) is 5.79. The first-order chi connectivity index (χ1) is 18.1. The number of amides is 3. The number of hydrogen-bond donors (Lipinski definition) is 3. The maximum Gasteiger partial charge on any atom is 0.410 e. The van der Waals surface area contributed by atoms with Crippen LogP contribution in [0.5, 0.6) is 0 Å². The molecule has 3 aromatic rings. The Kier molecular flexibility index (Phi) is 7.85. The van der Waals surface area contributed by atoms with Gasteiger partial charge in [0.2, 0.25) is 0 Å². The maximum atomic E-state index is 13.0. The second-order valence-electron chi connectivity index (χ2n) is 10.00. The largest absolute Gasteiger partial charge is 0.444 e. The summed E-state index contributed by atoms with van der Waals surface area (Å²) >= 11 is 0. The fraction of sp³-hybridized carbons (Fsp3) is 0.333. The number of nitrogens with two attached hydrogens (primary N) is 1. The number of likely N-dealkylation sites (tertiary alicyclic amines) is 1. The fourth-order valence-electron chi connectivity index (χ4n) is 3.94. The van der Waals surface area contributed by atoms with Crippen LogP contribution in [0.25, 0.3) is 11.3 Å². The van der Waals surface area contributed by atoms with Crippen molar-refractivity contribution in [3.05, 3.63) is 71.8 Å². The van der Waals surface area contributed by atoms with E-state index in [4.69, 9.17) is 10.5 Å². The summed E-state index contributed by atoms with van der Waals surface area (Å²) in [5, 5.41) is 5.75. The van der Waals surface area contributed by atoms with Gasteiger partial charge in [0, 0.05) is 49.2 Å². The minimum Gasteiger partial charge on any atom is -0.444 e. The Labute approximate surface area is 220 Å². The van der Waals surface area contributed by atoms with Gasteiger partial charge in [-0.3, -0.25) is 14.6 Å². The van der Waals surface area contributed by atoms with Gasteiger partial charge in [0.15, 0.2) is 11.5 Å². The molecule has 1 fully saturated rings. The van der Waals surface area contributed by atoms with Crippen LogP contribution >= 0.6 is 0 Å². The lowest BCUT2D eigenvalue weighted by Gasteiger charge is -2.24. The summed E-state index contributed by atoms with van der Waals surface area (Å²) in [4.78, 5) is 52.2. The molecule has 0 saturated carbocycles. The van der Waals surface area contributed by atoms with Crippen molar-refractivity contribution in [1.82, 2.24) is 30.5 Å². The molecule has 0 aliphatic carbocycles. The predicted molar refractivity (Wildman–Crippen MR) is 141 cm³/mol. The molecular weight excluding hydrogens is 486 g/mol. The molecule has 0 radical (unpaired) electrons. The Hall–Kier alpha value is -4.54. The molecule has 0 bridgehead atoms. The van der Waals surface area contributed by atoms with Crippen molar-refractivity contribution >= 4 is 23.7 Å². The quantitative estimate of drug-likeness (QED) is 0.451. The van der Waals surface area contributed by atoms with E-state index in [1.54, 1.807) is 68.4 Å². The van der Waals surface area contributed by atoms with E-state index in [0.29, 0.717) is 42.9 Å². The Balaban J connectivity index is 1.42. The van der Waals surface area contributed by atoms with Crippen LogP contribution in [0.2, 0.25) is 0 Å². The van der Waals surface area contributed by atoms with Gasteiger partial charge in [0.1, 0.15) is 5.60 Å². The van der Waals surface area contributed by atoms with Crippen LogP contribution in [0.15, 0.2) is 55.0 Å². The highest BCUT2D eigenvalue weighted by Gasteiger charge is 2.31. The van der Waals surface area contributed by atoms with E-state index < -0.39 is 17.6 Å². The molecule has 0 spiro atoms. The second kappa shape index (κ2) is 11.2. The topological polar surface area (TPSA) is 152 Å². The zero-order valence-corrected chi connectivity index (χ0v) is 21.6. The summed E-state index contributed by atoms with van der Waals surface area (Å²) in [5.74, 6) is -0.760. The van der Waals surface area contributed by atoms with E-state index in [1.165, 1.54) is 6.20 Å². The van der Waals surface area contributed by atoms with Crippen LogP contribution in [0.1, 0.15) is 53.6 Å². The fourth-order valence-corrected chi connectivity index (χ4v) is 3.94. The zero-order valence-electron chi connectivity index (χ0n) is 21.6. The Morgan fingerprint density at radius 2 is 1.95 bits per heavy atom. The van der Waals surface area contributed by atoms with Crippen molar-refractivity contribution in [2.24, 2.45) is 0 Å². The van der Waals surface area contributed by atoms with Crippen molar-refractivity contribution in [2.45, 2.75) is 45.4 Å². The molecule has 1 aliphatic heterocycles. The van der Waals surface area contributed by atoms with Crippen LogP contribution in [-0.2, 0) is 11.3 Å². The molecular formula is C27H31N7O4. The molecule has 11 heteroatoms. The number of carbonyl (C=O) groups excluding carboxylic acids is 3. The van der Waals surface area contributed by atoms with Crippen LogP contribution in [0, 0.1) is 0 Å². The molecule has 38 heavy (non-hydrogen) atoms. The molecule has 4 rings (SSSR count). The van der Waals surface area contributed by atoms with Gasteiger partial charge in [-0.2, -0.15) is 0 Å². The van der Waals surface area contributed by atoms with E-state index >= 15 is 0 Å². The molecule has 1 saturated heterocycles. The number of hydrogen-bond acceptors (Lipinski definition) is 8. The van der Waals surface area contributed by atoms with Crippen LogP contribution in [-0.4, -0.2) is 62.5 Å². The van der Waals surface area contributed by atoms with Crippen LogP contribution < -0.4 is 16.4 Å². The van der Waals surface area contributed by atoms with Crippen LogP contribution in [0.4, 0.5) is 10.6 Å². The van der Waals surface area contributed by atoms with E-state index in [-0.39, 0.29) is 23.5 Å². The van der Waals surface area contributed by atoms with E-state index in [2.05, 4.69) is 25.6 Å². The number of pyridine rings is 1. The highest BCUT2D eigenvalue weighted by Crippen LogP contribution is 2.21.